The molecule has 1 saturated carbocycles. The van der Waals surface area contributed by atoms with E-state index in [-0.39, 0.29) is 34.2 Å². The Hall–Kier alpha value is -2.46. The maximum Gasteiger partial charge on any atom is 0.252 e. The molecule has 0 saturated heterocycles. The Morgan fingerprint density at radius 1 is 1.12 bits per heavy atom. The van der Waals surface area contributed by atoms with Crippen molar-refractivity contribution >= 4 is 39.1 Å². The molecule has 2 aromatic rings. The van der Waals surface area contributed by atoms with Gasteiger partial charge in [0.15, 0.2) is 0 Å². The summed E-state index contributed by atoms with van der Waals surface area (Å²) in [5.41, 5.74) is 1.65. The average Bonchev–Trinajstić information content (AvgIpc) is 3.56. The van der Waals surface area contributed by atoms with Gasteiger partial charge in [0.05, 0.1) is 22.1 Å². The maximum atomic E-state index is 12.3. The van der Waals surface area contributed by atoms with Gasteiger partial charge < -0.3 is 15.4 Å². The molecule has 10 heteroatoms. The number of anilines is 1. The molecule has 0 radical (unpaired) electrons. The van der Waals surface area contributed by atoms with E-state index in [0.717, 1.165) is 18.4 Å². The first-order valence-corrected chi connectivity index (χ1v) is 12.1. The summed E-state index contributed by atoms with van der Waals surface area (Å²) in [5, 5.41) is 5.67. The van der Waals surface area contributed by atoms with E-state index >= 15 is 0 Å². The van der Waals surface area contributed by atoms with Crippen LogP contribution in [0.3, 0.4) is 0 Å². The highest BCUT2D eigenvalue weighted by atomic mass is 35.5. The van der Waals surface area contributed by atoms with Crippen LogP contribution in [-0.2, 0) is 26.0 Å². The molecule has 0 heterocycles. The zero-order valence-corrected chi connectivity index (χ0v) is 19.3. The standard InChI is InChI=1S/C22H26ClN3O5S/c1-31-13-12-24-22(28)19-10-7-17(14-20(19)23)25-21(27)11-4-15-2-8-18(9-3-15)32(29,30)26-16-5-6-16/h2-3,7-10,14,16,26H,4-6,11-13H2,1H3,(H,24,28)(H,25,27). The zero-order valence-electron chi connectivity index (χ0n) is 17.7. The molecule has 172 valence electrons. The van der Waals surface area contributed by atoms with Crippen LogP contribution in [0.15, 0.2) is 47.4 Å². The van der Waals surface area contributed by atoms with Crippen LogP contribution in [0.1, 0.15) is 35.2 Å². The van der Waals surface area contributed by atoms with E-state index in [0.29, 0.717) is 30.8 Å². The molecule has 1 fully saturated rings. The third-order valence-corrected chi connectivity index (χ3v) is 6.71. The molecule has 8 nitrogen and oxygen atoms in total. The van der Waals surface area contributed by atoms with Crippen LogP contribution in [0.5, 0.6) is 0 Å². The number of hydrogen-bond donors (Lipinski definition) is 3. The number of carbonyl (C=O) groups is 2. The number of carbonyl (C=O) groups excluding carboxylic acids is 2. The van der Waals surface area contributed by atoms with Crippen molar-refractivity contribution in [2.45, 2.75) is 36.6 Å². The van der Waals surface area contributed by atoms with Crippen LogP contribution in [0, 0.1) is 0 Å². The van der Waals surface area contributed by atoms with Crippen LogP contribution in [0.4, 0.5) is 5.69 Å². The van der Waals surface area contributed by atoms with Crippen molar-refractivity contribution in [2.24, 2.45) is 0 Å². The quantitative estimate of drug-likeness (QED) is 0.429. The highest BCUT2D eigenvalue weighted by molar-refractivity contribution is 7.89. The molecule has 0 spiro atoms. The number of amides is 2. The number of methoxy groups -OCH3 is 1. The minimum atomic E-state index is -3.48. The van der Waals surface area contributed by atoms with Crippen molar-refractivity contribution in [3.8, 4) is 0 Å². The molecule has 1 aliphatic carbocycles. The summed E-state index contributed by atoms with van der Waals surface area (Å²) in [6.45, 7) is 0.765. The van der Waals surface area contributed by atoms with Gasteiger partial charge in [-0.05, 0) is 55.2 Å². The zero-order chi connectivity index (χ0) is 23.1. The lowest BCUT2D eigenvalue weighted by atomic mass is 10.1. The molecule has 3 rings (SSSR count). The highest BCUT2D eigenvalue weighted by Crippen LogP contribution is 2.23. The number of nitrogens with one attached hydrogen (secondary N) is 3. The lowest BCUT2D eigenvalue weighted by molar-refractivity contribution is -0.116. The van der Waals surface area contributed by atoms with Crippen molar-refractivity contribution < 1.29 is 22.7 Å². The molecule has 32 heavy (non-hydrogen) atoms. The summed E-state index contributed by atoms with van der Waals surface area (Å²) in [7, 11) is -1.94. The number of benzene rings is 2. The second-order valence-corrected chi connectivity index (χ2v) is 9.65. The van der Waals surface area contributed by atoms with Crippen LogP contribution >= 0.6 is 11.6 Å². The second-order valence-electron chi connectivity index (χ2n) is 7.53. The van der Waals surface area contributed by atoms with Gasteiger partial charge in [0.2, 0.25) is 15.9 Å². The van der Waals surface area contributed by atoms with Crippen LogP contribution < -0.4 is 15.4 Å². The van der Waals surface area contributed by atoms with Crippen molar-refractivity contribution in [3.05, 3.63) is 58.6 Å². The smallest absolute Gasteiger partial charge is 0.252 e. The van der Waals surface area contributed by atoms with Gasteiger partial charge in [0, 0.05) is 31.8 Å². The van der Waals surface area contributed by atoms with E-state index in [1.807, 2.05) is 0 Å². The fraction of sp³-hybridized carbons (Fsp3) is 0.364. The number of ether oxygens (including phenoxy) is 1. The molecule has 3 N–H and O–H groups in total. The topological polar surface area (TPSA) is 114 Å². The monoisotopic (exact) mass is 479 g/mol. The minimum Gasteiger partial charge on any atom is -0.383 e. The maximum absolute atomic E-state index is 12.3. The predicted octanol–water partition coefficient (Wildman–Crippen LogP) is 2.73. The number of aryl methyl sites for hydroxylation is 1. The molecule has 2 amide bonds. The lowest BCUT2D eigenvalue weighted by Crippen LogP contribution is -2.27. The van der Waals surface area contributed by atoms with E-state index < -0.39 is 10.0 Å². The molecule has 0 aromatic heterocycles. The van der Waals surface area contributed by atoms with Gasteiger partial charge in [-0.15, -0.1) is 0 Å². The summed E-state index contributed by atoms with van der Waals surface area (Å²) in [6.07, 6.45) is 2.42. The summed E-state index contributed by atoms with van der Waals surface area (Å²) < 4.78 is 31.9. The minimum absolute atomic E-state index is 0.0518. The van der Waals surface area contributed by atoms with Gasteiger partial charge >= 0.3 is 0 Å². The fourth-order valence-electron chi connectivity index (χ4n) is 2.94. The number of rotatable bonds is 11. The van der Waals surface area contributed by atoms with E-state index in [2.05, 4.69) is 15.4 Å². The predicted molar refractivity (Wildman–Crippen MR) is 122 cm³/mol. The first-order chi connectivity index (χ1) is 15.3. The van der Waals surface area contributed by atoms with E-state index in [1.165, 1.54) is 6.07 Å². The molecule has 1 aliphatic rings. The van der Waals surface area contributed by atoms with Gasteiger partial charge in [0.1, 0.15) is 0 Å². The Morgan fingerprint density at radius 3 is 2.47 bits per heavy atom. The SMILES string of the molecule is COCCNC(=O)c1ccc(NC(=O)CCc2ccc(S(=O)(=O)NC3CC3)cc2)cc1Cl. The molecule has 0 aliphatic heterocycles. The second kappa shape index (κ2) is 10.9. The molecular formula is C22H26ClN3O5S. The third kappa shape index (κ3) is 7.03. The third-order valence-electron chi connectivity index (χ3n) is 4.86. The van der Waals surface area contributed by atoms with E-state index in [4.69, 9.17) is 16.3 Å². The largest absolute Gasteiger partial charge is 0.383 e. The Kier molecular flexibility index (Phi) is 8.25. The Balaban J connectivity index is 1.50. The van der Waals surface area contributed by atoms with Crippen LogP contribution in [0.25, 0.3) is 0 Å². The van der Waals surface area contributed by atoms with E-state index in [9.17, 15) is 18.0 Å². The van der Waals surface area contributed by atoms with Crippen molar-refractivity contribution in [2.75, 3.05) is 25.6 Å². The van der Waals surface area contributed by atoms with Crippen molar-refractivity contribution in [3.63, 3.8) is 0 Å². The Morgan fingerprint density at radius 2 is 1.84 bits per heavy atom. The average molecular weight is 480 g/mol. The van der Waals surface area contributed by atoms with Gasteiger partial charge in [-0.3, -0.25) is 9.59 Å². The summed E-state index contributed by atoms with van der Waals surface area (Å²) in [4.78, 5) is 24.6. The number of hydrogen-bond acceptors (Lipinski definition) is 5. The first-order valence-electron chi connectivity index (χ1n) is 10.3. The Bertz CT molecular complexity index is 1070. The molecule has 0 unspecified atom stereocenters. The molecular weight excluding hydrogens is 454 g/mol. The lowest BCUT2D eigenvalue weighted by Gasteiger charge is -2.10. The van der Waals surface area contributed by atoms with E-state index in [1.54, 1.807) is 43.5 Å². The van der Waals surface area contributed by atoms with Gasteiger partial charge in [-0.2, -0.15) is 0 Å². The summed E-state index contributed by atoms with van der Waals surface area (Å²) in [6, 6.07) is 11.3. The van der Waals surface area contributed by atoms with Gasteiger partial charge in [-0.1, -0.05) is 23.7 Å². The molecule has 0 atom stereocenters. The Labute approximate surface area is 192 Å². The van der Waals surface area contributed by atoms with Crippen LogP contribution in [-0.4, -0.2) is 46.5 Å². The number of halogens is 1. The first kappa shape index (κ1) is 24.2. The van der Waals surface area contributed by atoms with Crippen molar-refractivity contribution in [1.82, 2.24) is 10.0 Å². The molecule has 0 bridgehead atoms. The van der Waals surface area contributed by atoms with Crippen LogP contribution in [0.2, 0.25) is 5.02 Å². The van der Waals surface area contributed by atoms with Crippen molar-refractivity contribution in [1.29, 1.82) is 0 Å². The summed E-state index contributed by atoms with van der Waals surface area (Å²) >= 11 is 6.18. The number of sulfonamides is 1. The normalized spacial score (nSPS) is 13.6. The fourth-order valence-corrected chi connectivity index (χ4v) is 4.52. The highest BCUT2D eigenvalue weighted by Gasteiger charge is 2.27. The van der Waals surface area contributed by atoms with Gasteiger partial charge in [-0.25, -0.2) is 13.1 Å². The molecule has 2 aromatic carbocycles. The van der Waals surface area contributed by atoms with Gasteiger partial charge in [0.25, 0.3) is 5.91 Å². The summed E-state index contributed by atoms with van der Waals surface area (Å²) in [5.74, 6) is -0.534.